The highest BCUT2D eigenvalue weighted by Gasteiger charge is 2.15. The van der Waals surface area contributed by atoms with Crippen LogP contribution >= 0.6 is 11.3 Å². The van der Waals surface area contributed by atoms with Gasteiger partial charge in [-0.2, -0.15) is 0 Å². The van der Waals surface area contributed by atoms with Gasteiger partial charge < -0.3 is 20.1 Å². The molecule has 0 saturated heterocycles. The molecule has 0 aromatic carbocycles. The molecule has 1 aromatic heterocycles. The van der Waals surface area contributed by atoms with E-state index in [0.717, 1.165) is 25.8 Å². The van der Waals surface area contributed by atoms with Crippen LogP contribution in [0.4, 0.5) is 4.79 Å². The fourth-order valence-electron chi connectivity index (χ4n) is 2.15. The van der Waals surface area contributed by atoms with E-state index in [0.29, 0.717) is 19.2 Å². The van der Waals surface area contributed by atoms with Gasteiger partial charge in [0, 0.05) is 31.1 Å². The van der Waals surface area contributed by atoms with Gasteiger partial charge in [0.15, 0.2) is 0 Å². The number of nitrogens with one attached hydrogen (secondary N) is 2. The summed E-state index contributed by atoms with van der Waals surface area (Å²) < 4.78 is 10.5. The summed E-state index contributed by atoms with van der Waals surface area (Å²) in [6.07, 6.45) is 2.52. The van der Waals surface area contributed by atoms with Crippen molar-refractivity contribution in [2.45, 2.75) is 51.7 Å². The summed E-state index contributed by atoms with van der Waals surface area (Å²) in [7, 11) is 1.72. The summed E-state index contributed by atoms with van der Waals surface area (Å²) in [5.74, 6) is 0. The SMILES string of the molecule is COCC(CCCNC(=O)OC(C)(C)C)NCCc1cccs1. The summed E-state index contributed by atoms with van der Waals surface area (Å²) in [6, 6.07) is 4.54. The van der Waals surface area contributed by atoms with Crippen LogP contribution in [0.3, 0.4) is 0 Å². The van der Waals surface area contributed by atoms with Gasteiger partial charge in [-0.1, -0.05) is 6.07 Å². The molecule has 2 N–H and O–H groups in total. The zero-order valence-corrected chi connectivity index (χ0v) is 15.5. The smallest absolute Gasteiger partial charge is 0.407 e. The van der Waals surface area contributed by atoms with E-state index < -0.39 is 5.60 Å². The largest absolute Gasteiger partial charge is 0.444 e. The normalized spacial score (nSPS) is 12.9. The second-order valence-electron chi connectivity index (χ2n) is 6.51. The average Bonchev–Trinajstić information content (AvgIpc) is 2.94. The lowest BCUT2D eigenvalue weighted by Crippen LogP contribution is -2.36. The molecule has 132 valence electrons. The van der Waals surface area contributed by atoms with Crippen molar-refractivity contribution in [3.8, 4) is 0 Å². The quantitative estimate of drug-likeness (QED) is 0.641. The first-order valence-corrected chi connectivity index (χ1v) is 9.00. The summed E-state index contributed by atoms with van der Waals surface area (Å²) >= 11 is 1.78. The highest BCUT2D eigenvalue weighted by atomic mass is 32.1. The van der Waals surface area contributed by atoms with E-state index in [1.165, 1.54) is 4.88 Å². The number of rotatable bonds is 10. The van der Waals surface area contributed by atoms with E-state index in [1.54, 1.807) is 18.4 Å². The summed E-state index contributed by atoms with van der Waals surface area (Å²) in [6.45, 7) is 7.81. The predicted molar refractivity (Wildman–Crippen MR) is 95.2 cm³/mol. The van der Waals surface area contributed by atoms with Gasteiger partial charge >= 0.3 is 6.09 Å². The van der Waals surface area contributed by atoms with Crippen LogP contribution in [-0.2, 0) is 15.9 Å². The third-order valence-electron chi connectivity index (χ3n) is 3.15. The Balaban J connectivity index is 2.16. The summed E-state index contributed by atoms with van der Waals surface area (Å²) in [5.41, 5.74) is -0.452. The molecule has 1 aromatic rings. The molecule has 5 nitrogen and oxygen atoms in total. The first-order valence-electron chi connectivity index (χ1n) is 8.12. The Kier molecular flexibility index (Phi) is 9.21. The lowest BCUT2D eigenvalue weighted by atomic mass is 10.1. The van der Waals surface area contributed by atoms with Crippen LogP contribution in [0.5, 0.6) is 0 Å². The van der Waals surface area contributed by atoms with Gasteiger partial charge in [-0.05, 0) is 51.5 Å². The maximum atomic E-state index is 11.6. The van der Waals surface area contributed by atoms with Crippen molar-refractivity contribution in [3.63, 3.8) is 0 Å². The molecule has 0 radical (unpaired) electrons. The zero-order valence-electron chi connectivity index (χ0n) is 14.7. The second kappa shape index (κ2) is 10.6. The second-order valence-corrected chi connectivity index (χ2v) is 7.54. The number of ether oxygens (including phenoxy) is 2. The van der Waals surface area contributed by atoms with E-state index in [-0.39, 0.29) is 6.09 Å². The molecule has 0 spiro atoms. The lowest BCUT2D eigenvalue weighted by Gasteiger charge is -2.20. The molecule has 0 aliphatic rings. The number of carbonyl (C=O) groups excluding carboxylic acids is 1. The van der Waals surface area contributed by atoms with Crippen molar-refractivity contribution in [1.82, 2.24) is 10.6 Å². The van der Waals surface area contributed by atoms with Crippen LogP contribution in [-0.4, -0.2) is 44.5 Å². The average molecular weight is 343 g/mol. The Morgan fingerprint density at radius 1 is 1.35 bits per heavy atom. The minimum Gasteiger partial charge on any atom is -0.444 e. The number of carbonyl (C=O) groups is 1. The maximum absolute atomic E-state index is 11.6. The van der Waals surface area contributed by atoms with Gasteiger partial charge in [0.05, 0.1) is 6.61 Å². The minimum atomic E-state index is -0.452. The zero-order chi connectivity index (χ0) is 17.1. The fraction of sp³-hybridized carbons (Fsp3) is 0.706. The van der Waals surface area contributed by atoms with Crippen LogP contribution in [0.15, 0.2) is 17.5 Å². The maximum Gasteiger partial charge on any atom is 0.407 e. The molecular weight excluding hydrogens is 312 g/mol. The third-order valence-corrected chi connectivity index (χ3v) is 4.09. The first-order chi connectivity index (χ1) is 10.9. The molecule has 1 rings (SSSR count). The number of alkyl carbamates (subject to hydrolysis) is 1. The Hall–Kier alpha value is -1.11. The van der Waals surface area contributed by atoms with E-state index in [1.807, 2.05) is 20.8 Å². The van der Waals surface area contributed by atoms with Crippen molar-refractivity contribution >= 4 is 17.4 Å². The van der Waals surface area contributed by atoms with Crippen LogP contribution in [0.1, 0.15) is 38.5 Å². The standard InChI is InChI=1S/C17H30N2O3S/c1-17(2,3)22-16(20)19-10-5-7-14(13-21-4)18-11-9-15-8-6-12-23-15/h6,8,12,14,18H,5,7,9-11,13H2,1-4H3,(H,19,20). The highest BCUT2D eigenvalue weighted by Crippen LogP contribution is 2.09. The topological polar surface area (TPSA) is 59.6 Å². The number of amides is 1. The van der Waals surface area contributed by atoms with Crippen LogP contribution < -0.4 is 10.6 Å². The molecule has 1 heterocycles. The fourth-order valence-corrected chi connectivity index (χ4v) is 2.86. The van der Waals surface area contributed by atoms with Crippen molar-refractivity contribution in [1.29, 1.82) is 0 Å². The summed E-state index contributed by atoms with van der Waals surface area (Å²) in [4.78, 5) is 12.9. The Morgan fingerprint density at radius 3 is 2.74 bits per heavy atom. The van der Waals surface area contributed by atoms with Crippen molar-refractivity contribution in [2.24, 2.45) is 0 Å². The molecule has 6 heteroatoms. The van der Waals surface area contributed by atoms with Crippen molar-refractivity contribution in [2.75, 3.05) is 26.8 Å². The Morgan fingerprint density at radius 2 is 2.13 bits per heavy atom. The molecule has 1 amide bonds. The van der Waals surface area contributed by atoms with E-state index in [2.05, 4.69) is 28.1 Å². The van der Waals surface area contributed by atoms with Crippen LogP contribution in [0.2, 0.25) is 0 Å². The molecule has 23 heavy (non-hydrogen) atoms. The molecule has 0 fully saturated rings. The summed E-state index contributed by atoms with van der Waals surface area (Å²) in [5, 5.41) is 8.41. The Labute approximate surface area is 143 Å². The van der Waals surface area contributed by atoms with Gasteiger partial charge in [0.2, 0.25) is 0 Å². The van der Waals surface area contributed by atoms with Gasteiger partial charge in [-0.3, -0.25) is 0 Å². The predicted octanol–water partition coefficient (Wildman–Crippen LogP) is 3.20. The highest BCUT2D eigenvalue weighted by molar-refractivity contribution is 7.09. The first kappa shape index (κ1) is 19.9. The lowest BCUT2D eigenvalue weighted by molar-refractivity contribution is 0.0526. The molecular formula is C17H30N2O3S. The molecule has 0 aliphatic heterocycles. The molecule has 0 bridgehead atoms. The van der Waals surface area contributed by atoms with Gasteiger partial charge in [-0.15, -0.1) is 11.3 Å². The number of thiophene rings is 1. The number of methoxy groups -OCH3 is 1. The van der Waals surface area contributed by atoms with Gasteiger partial charge in [-0.25, -0.2) is 4.79 Å². The monoisotopic (exact) mass is 342 g/mol. The minimum absolute atomic E-state index is 0.306. The number of hydrogen-bond acceptors (Lipinski definition) is 5. The van der Waals surface area contributed by atoms with Crippen LogP contribution in [0, 0.1) is 0 Å². The van der Waals surface area contributed by atoms with E-state index >= 15 is 0 Å². The number of hydrogen-bond donors (Lipinski definition) is 2. The Bertz CT molecular complexity index is 430. The molecule has 0 aliphatic carbocycles. The van der Waals surface area contributed by atoms with Gasteiger partial charge in [0.25, 0.3) is 0 Å². The van der Waals surface area contributed by atoms with E-state index in [9.17, 15) is 4.79 Å². The molecule has 1 atom stereocenters. The molecule has 0 saturated carbocycles. The van der Waals surface area contributed by atoms with Crippen molar-refractivity contribution < 1.29 is 14.3 Å². The van der Waals surface area contributed by atoms with Crippen LogP contribution in [0.25, 0.3) is 0 Å². The van der Waals surface area contributed by atoms with Crippen molar-refractivity contribution in [3.05, 3.63) is 22.4 Å². The van der Waals surface area contributed by atoms with E-state index in [4.69, 9.17) is 9.47 Å². The molecule has 1 unspecified atom stereocenters. The third kappa shape index (κ3) is 10.3. The van der Waals surface area contributed by atoms with Gasteiger partial charge in [0.1, 0.15) is 5.60 Å².